The lowest BCUT2D eigenvalue weighted by atomic mass is 10.3. The smallest absolute Gasteiger partial charge is 0.291 e. The molecule has 0 bridgehead atoms. The van der Waals surface area contributed by atoms with Gasteiger partial charge in [-0.15, -0.1) is 10.2 Å². The molecule has 7 nitrogen and oxygen atoms in total. The van der Waals surface area contributed by atoms with Gasteiger partial charge in [0.2, 0.25) is 5.82 Å². The number of fused-ring (bicyclic) bond motifs is 1. The fraction of sp³-hybridized carbons (Fsp3) is 0.364. The van der Waals surface area contributed by atoms with E-state index < -0.39 is 0 Å². The highest BCUT2D eigenvalue weighted by Gasteiger charge is 2.28. The molecule has 2 aromatic rings. The minimum absolute atomic E-state index is 0.0774. The molecule has 0 N–H and O–H groups in total. The molecule has 0 spiro atoms. The molecular formula is C11H12N6O. The number of hydrogen-bond acceptors (Lipinski definition) is 5. The van der Waals surface area contributed by atoms with Crippen LogP contribution in [0.4, 0.5) is 0 Å². The number of carbonyl (C=O) groups is 1. The molecule has 18 heavy (non-hydrogen) atoms. The van der Waals surface area contributed by atoms with Crippen molar-refractivity contribution in [2.75, 3.05) is 13.1 Å². The molecule has 0 saturated heterocycles. The highest BCUT2D eigenvalue weighted by molar-refractivity contribution is 5.91. The van der Waals surface area contributed by atoms with Gasteiger partial charge in [-0.1, -0.05) is 0 Å². The van der Waals surface area contributed by atoms with Gasteiger partial charge in [0.25, 0.3) is 5.91 Å². The van der Waals surface area contributed by atoms with Crippen molar-refractivity contribution in [1.82, 2.24) is 29.6 Å². The van der Waals surface area contributed by atoms with Crippen molar-refractivity contribution < 1.29 is 4.79 Å². The largest absolute Gasteiger partial charge is 0.334 e. The van der Waals surface area contributed by atoms with E-state index in [9.17, 15) is 4.79 Å². The third-order valence-corrected chi connectivity index (χ3v) is 3.00. The van der Waals surface area contributed by atoms with Gasteiger partial charge in [0, 0.05) is 32.0 Å². The molecule has 92 valence electrons. The van der Waals surface area contributed by atoms with Crippen LogP contribution in [0.25, 0.3) is 11.5 Å². The van der Waals surface area contributed by atoms with Crippen molar-refractivity contribution in [3.8, 4) is 11.5 Å². The summed E-state index contributed by atoms with van der Waals surface area (Å²) in [5.74, 6) is 0.900. The van der Waals surface area contributed by atoms with Crippen molar-refractivity contribution in [1.29, 1.82) is 0 Å². The number of aromatic nitrogens is 5. The van der Waals surface area contributed by atoms with Gasteiger partial charge in [0.05, 0.1) is 6.20 Å². The molecule has 0 atom stereocenters. The minimum atomic E-state index is -0.0774. The van der Waals surface area contributed by atoms with E-state index in [1.165, 1.54) is 0 Å². The van der Waals surface area contributed by atoms with Crippen LogP contribution in [0.1, 0.15) is 17.5 Å². The average Bonchev–Trinajstić information content (AvgIpc) is 2.85. The first kappa shape index (κ1) is 10.8. The highest BCUT2D eigenvalue weighted by Crippen LogP contribution is 2.18. The van der Waals surface area contributed by atoms with Crippen molar-refractivity contribution in [2.45, 2.75) is 13.5 Å². The van der Waals surface area contributed by atoms with Crippen LogP contribution < -0.4 is 0 Å². The molecule has 3 heterocycles. The summed E-state index contributed by atoms with van der Waals surface area (Å²) < 4.78 is 1.80. The third kappa shape index (κ3) is 1.55. The van der Waals surface area contributed by atoms with E-state index in [1.807, 2.05) is 6.92 Å². The zero-order chi connectivity index (χ0) is 12.5. The first-order valence-corrected chi connectivity index (χ1v) is 5.80. The van der Waals surface area contributed by atoms with Gasteiger partial charge in [-0.05, 0) is 6.92 Å². The van der Waals surface area contributed by atoms with Crippen LogP contribution in [0.2, 0.25) is 0 Å². The average molecular weight is 244 g/mol. The normalized spacial score (nSPS) is 14.7. The van der Waals surface area contributed by atoms with Gasteiger partial charge in [-0.2, -0.15) is 0 Å². The summed E-state index contributed by atoms with van der Waals surface area (Å²) in [5.41, 5.74) is 0.633. The topological polar surface area (TPSA) is 76.8 Å². The molecule has 1 aliphatic heterocycles. The Labute approximate surface area is 103 Å². The monoisotopic (exact) mass is 244 g/mol. The summed E-state index contributed by atoms with van der Waals surface area (Å²) in [6, 6.07) is 0. The Morgan fingerprint density at radius 2 is 2.06 bits per heavy atom. The van der Waals surface area contributed by atoms with Gasteiger partial charge in [0.1, 0.15) is 5.69 Å². The molecule has 0 fully saturated rings. The van der Waals surface area contributed by atoms with E-state index in [0.29, 0.717) is 37.0 Å². The Hall–Kier alpha value is -2.31. The van der Waals surface area contributed by atoms with Crippen molar-refractivity contribution in [3.05, 3.63) is 24.4 Å². The lowest BCUT2D eigenvalue weighted by Gasteiger charge is -2.26. The van der Waals surface area contributed by atoms with Gasteiger partial charge >= 0.3 is 0 Å². The van der Waals surface area contributed by atoms with Crippen molar-refractivity contribution >= 4 is 5.91 Å². The van der Waals surface area contributed by atoms with E-state index >= 15 is 0 Å². The maximum Gasteiger partial charge on any atom is 0.291 e. The number of nitrogens with zero attached hydrogens (tertiary/aromatic N) is 6. The molecule has 0 unspecified atom stereocenters. The zero-order valence-electron chi connectivity index (χ0n) is 9.94. The van der Waals surface area contributed by atoms with Crippen LogP contribution in [0, 0.1) is 0 Å². The molecule has 1 aliphatic rings. The van der Waals surface area contributed by atoms with E-state index in [4.69, 9.17) is 0 Å². The second-order valence-corrected chi connectivity index (χ2v) is 3.97. The Balaban J connectivity index is 2.05. The molecule has 0 aromatic carbocycles. The van der Waals surface area contributed by atoms with Crippen LogP contribution in [-0.2, 0) is 6.54 Å². The van der Waals surface area contributed by atoms with Gasteiger partial charge in [0.15, 0.2) is 5.82 Å². The van der Waals surface area contributed by atoms with Gasteiger partial charge in [-0.3, -0.25) is 14.3 Å². The van der Waals surface area contributed by atoms with E-state index in [2.05, 4.69) is 20.2 Å². The number of hydrogen-bond donors (Lipinski definition) is 0. The van der Waals surface area contributed by atoms with Crippen LogP contribution in [0.15, 0.2) is 18.6 Å². The lowest BCUT2D eigenvalue weighted by molar-refractivity contribution is 0.0707. The fourth-order valence-corrected chi connectivity index (χ4v) is 2.04. The van der Waals surface area contributed by atoms with Gasteiger partial charge < -0.3 is 4.90 Å². The van der Waals surface area contributed by atoms with Crippen molar-refractivity contribution in [2.24, 2.45) is 0 Å². The Morgan fingerprint density at radius 1 is 1.22 bits per heavy atom. The summed E-state index contributed by atoms with van der Waals surface area (Å²) in [6.07, 6.45) is 4.81. The standard InChI is InChI=1S/C11H12N6O/c1-2-16-5-6-17-9(8-7-12-3-4-13-8)14-15-10(17)11(16)18/h3-4,7H,2,5-6H2,1H3. The van der Waals surface area contributed by atoms with E-state index in [0.717, 1.165) is 0 Å². The molecule has 3 rings (SSSR count). The Bertz CT molecular complexity index is 578. The van der Waals surface area contributed by atoms with Crippen LogP contribution in [0.5, 0.6) is 0 Å². The number of rotatable bonds is 2. The van der Waals surface area contributed by atoms with E-state index in [-0.39, 0.29) is 5.91 Å². The molecule has 0 saturated carbocycles. The van der Waals surface area contributed by atoms with Gasteiger partial charge in [-0.25, -0.2) is 4.98 Å². The molecule has 0 radical (unpaired) electrons. The number of amides is 1. The predicted octanol–water partition coefficient (Wildman–Crippen LogP) is 0.211. The Morgan fingerprint density at radius 3 is 2.78 bits per heavy atom. The van der Waals surface area contributed by atoms with Crippen LogP contribution >= 0.6 is 0 Å². The maximum absolute atomic E-state index is 12.1. The molecular weight excluding hydrogens is 232 g/mol. The molecule has 7 heteroatoms. The lowest BCUT2D eigenvalue weighted by Crippen LogP contribution is -2.40. The highest BCUT2D eigenvalue weighted by atomic mass is 16.2. The first-order valence-electron chi connectivity index (χ1n) is 5.80. The second kappa shape index (κ2) is 4.17. The van der Waals surface area contributed by atoms with Crippen molar-refractivity contribution in [3.63, 3.8) is 0 Å². The Kier molecular flexibility index (Phi) is 2.51. The molecule has 2 aromatic heterocycles. The predicted molar refractivity (Wildman–Crippen MR) is 62.6 cm³/mol. The summed E-state index contributed by atoms with van der Waals surface area (Å²) >= 11 is 0. The minimum Gasteiger partial charge on any atom is -0.334 e. The van der Waals surface area contributed by atoms with Crippen LogP contribution in [0.3, 0.4) is 0 Å². The first-order chi connectivity index (χ1) is 8.81. The number of carbonyl (C=O) groups excluding carboxylic acids is 1. The summed E-state index contributed by atoms with van der Waals surface area (Å²) in [7, 11) is 0. The molecule has 0 aliphatic carbocycles. The maximum atomic E-state index is 12.1. The fourth-order valence-electron chi connectivity index (χ4n) is 2.04. The SMILES string of the molecule is CCN1CCn2c(nnc2-c2cnccn2)C1=O. The van der Waals surface area contributed by atoms with E-state index in [1.54, 1.807) is 28.1 Å². The third-order valence-electron chi connectivity index (χ3n) is 3.00. The summed E-state index contributed by atoms with van der Waals surface area (Å²) in [5, 5.41) is 8.02. The summed E-state index contributed by atoms with van der Waals surface area (Å²) in [4.78, 5) is 22.0. The quantitative estimate of drug-likeness (QED) is 0.754. The number of likely N-dealkylation sites (N-methyl/N-ethyl adjacent to an activating group) is 1. The summed E-state index contributed by atoms with van der Waals surface area (Å²) in [6.45, 7) is 4.00. The zero-order valence-corrected chi connectivity index (χ0v) is 9.94. The van der Waals surface area contributed by atoms with Crippen LogP contribution in [-0.4, -0.2) is 48.6 Å². The molecule has 1 amide bonds. The second-order valence-electron chi connectivity index (χ2n) is 3.97.